The van der Waals surface area contributed by atoms with Gasteiger partial charge in [-0.3, -0.25) is 14.7 Å². The van der Waals surface area contributed by atoms with E-state index in [1.807, 2.05) is 11.8 Å². The second-order valence-electron chi connectivity index (χ2n) is 8.70. The summed E-state index contributed by atoms with van der Waals surface area (Å²) in [4.78, 5) is 26.7. The molecule has 2 aliphatic rings. The van der Waals surface area contributed by atoms with Crippen LogP contribution in [0.25, 0.3) is 0 Å². The summed E-state index contributed by atoms with van der Waals surface area (Å²) in [6.07, 6.45) is 9.21. The predicted octanol–water partition coefficient (Wildman–Crippen LogP) is 4.58. The second-order valence-corrected chi connectivity index (χ2v) is 9.73. The zero-order valence-corrected chi connectivity index (χ0v) is 19.2. The van der Waals surface area contributed by atoms with E-state index in [1.54, 1.807) is 18.5 Å². The van der Waals surface area contributed by atoms with Gasteiger partial charge in [0, 0.05) is 31.9 Å². The summed E-state index contributed by atoms with van der Waals surface area (Å²) in [5, 5.41) is 3.77. The number of nitrogens with zero attached hydrogens (tertiary/aromatic N) is 4. The van der Waals surface area contributed by atoms with E-state index in [2.05, 4.69) is 27.1 Å². The molecule has 0 saturated carbocycles. The fourth-order valence-corrected chi connectivity index (χ4v) is 5.63. The quantitative estimate of drug-likeness (QED) is 0.705. The number of carbonyl (C=O) groups is 1. The van der Waals surface area contributed by atoms with Crippen LogP contribution in [0.1, 0.15) is 67.4 Å². The minimum Gasteiger partial charge on any atom is -0.353 e. The van der Waals surface area contributed by atoms with Crippen LogP contribution in [0.2, 0.25) is 0 Å². The maximum absolute atomic E-state index is 13.9. The summed E-state index contributed by atoms with van der Waals surface area (Å²) in [5.74, 6) is 0.529. The van der Waals surface area contributed by atoms with Gasteiger partial charge in [0.1, 0.15) is 10.7 Å². The Bertz CT molecular complexity index is 882. The van der Waals surface area contributed by atoms with Crippen molar-refractivity contribution in [1.29, 1.82) is 0 Å². The number of amides is 1. The monoisotopic (exact) mass is 445 g/mol. The van der Waals surface area contributed by atoms with Crippen molar-refractivity contribution in [1.82, 2.24) is 19.8 Å². The minimum atomic E-state index is -0.350. The Labute approximate surface area is 187 Å². The van der Waals surface area contributed by atoms with Gasteiger partial charge in [-0.15, -0.1) is 0 Å². The standard InChI is InChI=1S/C23H32FN5OS/c1-3-17-6-5-11-29(15-17)18-8-12-28(13-9-18)22(30)20-14-26-23(31-20)27-16(2)21-19(24)7-4-10-25-21/h4,7,10,14,16-18H,3,5-6,8-9,11-13,15H2,1-2H3,(H,26,27)/t16-,17?/m0/s1. The largest absolute Gasteiger partial charge is 0.353 e. The van der Waals surface area contributed by atoms with Gasteiger partial charge in [0.15, 0.2) is 5.13 Å². The number of aromatic nitrogens is 2. The Morgan fingerprint density at radius 3 is 2.84 bits per heavy atom. The lowest BCUT2D eigenvalue weighted by Crippen LogP contribution is -2.49. The van der Waals surface area contributed by atoms with Crippen LogP contribution in [-0.4, -0.2) is 57.9 Å². The molecule has 0 aromatic carbocycles. The van der Waals surface area contributed by atoms with Crippen molar-refractivity contribution >= 4 is 22.4 Å². The first-order chi connectivity index (χ1) is 15.0. The molecule has 6 nitrogen and oxygen atoms in total. The summed E-state index contributed by atoms with van der Waals surface area (Å²) in [5.41, 5.74) is 0.343. The number of hydrogen-bond acceptors (Lipinski definition) is 6. The Balaban J connectivity index is 1.31. The molecule has 8 heteroatoms. The highest BCUT2D eigenvalue weighted by atomic mass is 32.1. The van der Waals surface area contributed by atoms with Crippen molar-refractivity contribution in [2.75, 3.05) is 31.5 Å². The number of nitrogens with one attached hydrogen (secondary N) is 1. The van der Waals surface area contributed by atoms with Crippen LogP contribution in [0, 0.1) is 11.7 Å². The summed E-state index contributed by atoms with van der Waals surface area (Å²) in [7, 11) is 0. The van der Waals surface area contributed by atoms with Gasteiger partial charge in [-0.25, -0.2) is 9.37 Å². The molecule has 2 aliphatic heterocycles. The van der Waals surface area contributed by atoms with Crippen LogP contribution in [-0.2, 0) is 0 Å². The van der Waals surface area contributed by atoms with Gasteiger partial charge in [0.05, 0.1) is 17.9 Å². The predicted molar refractivity (Wildman–Crippen MR) is 122 cm³/mol. The number of hydrogen-bond donors (Lipinski definition) is 1. The van der Waals surface area contributed by atoms with E-state index in [4.69, 9.17) is 0 Å². The zero-order chi connectivity index (χ0) is 21.8. The Morgan fingerprint density at radius 1 is 1.29 bits per heavy atom. The summed E-state index contributed by atoms with van der Waals surface area (Å²) in [6, 6.07) is 3.24. The lowest BCUT2D eigenvalue weighted by atomic mass is 9.92. The number of halogens is 1. The molecule has 1 unspecified atom stereocenters. The lowest BCUT2D eigenvalue weighted by molar-refractivity contribution is 0.0529. The first-order valence-electron chi connectivity index (χ1n) is 11.4. The zero-order valence-electron chi connectivity index (χ0n) is 18.4. The van der Waals surface area contributed by atoms with E-state index in [0.717, 1.165) is 31.8 Å². The van der Waals surface area contributed by atoms with Crippen LogP contribution in [0.15, 0.2) is 24.5 Å². The normalized spacial score (nSPS) is 21.8. The summed E-state index contributed by atoms with van der Waals surface area (Å²) >= 11 is 1.32. The number of carbonyl (C=O) groups excluding carboxylic acids is 1. The van der Waals surface area contributed by atoms with Gasteiger partial charge >= 0.3 is 0 Å². The fourth-order valence-electron chi connectivity index (χ4n) is 4.76. The maximum atomic E-state index is 13.9. The molecule has 4 heterocycles. The van der Waals surface area contributed by atoms with Gasteiger partial charge < -0.3 is 10.2 Å². The van der Waals surface area contributed by atoms with Crippen LogP contribution >= 0.6 is 11.3 Å². The molecule has 2 aromatic heterocycles. The van der Waals surface area contributed by atoms with E-state index in [0.29, 0.717) is 21.7 Å². The first-order valence-corrected chi connectivity index (χ1v) is 12.2. The molecule has 0 bridgehead atoms. The SMILES string of the molecule is CCC1CCCN(C2CCN(C(=O)c3cnc(N[C@@H](C)c4ncccc4F)s3)CC2)C1. The summed E-state index contributed by atoms with van der Waals surface area (Å²) < 4.78 is 13.9. The Hall–Kier alpha value is -2.06. The molecular formula is C23H32FN5OS. The minimum absolute atomic E-state index is 0.0470. The molecular weight excluding hydrogens is 413 g/mol. The molecule has 2 fully saturated rings. The van der Waals surface area contributed by atoms with Gasteiger partial charge in [0.25, 0.3) is 5.91 Å². The molecule has 168 valence electrons. The van der Waals surface area contributed by atoms with Crippen LogP contribution in [0.5, 0.6) is 0 Å². The Kier molecular flexibility index (Phi) is 7.17. The highest BCUT2D eigenvalue weighted by Crippen LogP contribution is 2.28. The Morgan fingerprint density at radius 2 is 2.10 bits per heavy atom. The molecule has 0 radical (unpaired) electrons. The molecule has 0 aliphatic carbocycles. The van der Waals surface area contributed by atoms with Gasteiger partial charge in [-0.05, 0) is 57.2 Å². The molecule has 2 saturated heterocycles. The van der Waals surface area contributed by atoms with Gasteiger partial charge in [0.2, 0.25) is 0 Å². The molecule has 1 amide bonds. The number of piperidine rings is 2. The van der Waals surface area contributed by atoms with E-state index in [1.165, 1.54) is 49.8 Å². The van der Waals surface area contributed by atoms with E-state index in [9.17, 15) is 9.18 Å². The van der Waals surface area contributed by atoms with Gasteiger partial charge in [-0.1, -0.05) is 24.7 Å². The van der Waals surface area contributed by atoms with E-state index in [-0.39, 0.29) is 17.8 Å². The van der Waals surface area contributed by atoms with Crippen LogP contribution in [0.3, 0.4) is 0 Å². The van der Waals surface area contributed by atoms with Crippen molar-refractivity contribution in [2.45, 2.75) is 58.0 Å². The lowest BCUT2D eigenvalue weighted by Gasteiger charge is -2.42. The third kappa shape index (κ3) is 5.23. The van der Waals surface area contributed by atoms with Crippen LogP contribution < -0.4 is 5.32 Å². The first kappa shape index (κ1) is 22.1. The van der Waals surface area contributed by atoms with E-state index < -0.39 is 0 Å². The summed E-state index contributed by atoms with van der Waals surface area (Å²) in [6.45, 7) is 8.14. The average Bonchev–Trinajstić information content (AvgIpc) is 3.27. The molecule has 0 spiro atoms. The number of anilines is 1. The number of thiazole rings is 1. The number of likely N-dealkylation sites (tertiary alicyclic amines) is 2. The second kappa shape index (κ2) is 10.0. The fraction of sp³-hybridized carbons (Fsp3) is 0.609. The molecule has 2 aromatic rings. The third-order valence-electron chi connectivity index (χ3n) is 6.65. The molecule has 1 N–H and O–H groups in total. The topological polar surface area (TPSA) is 61.4 Å². The highest BCUT2D eigenvalue weighted by Gasteiger charge is 2.30. The van der Waals surface area contributed by atoms with E-state index >= 15 is 0 Å². The average molecular weight is 446 g/mol. The van der Waals surface area contributed by atoms with Crippen molar-refractivity contribution in [3.05, 3.63) is 40.9 Å². The van der Waals surface area contributed by atoms with Crippen molar-refractivity contribution < 1.29 is 9.18 Å². The number of pyridine rings is 1. The molecule has 2 atom stereocenters. The smallest absolute Gasteiger partial charge is 0.265 e. The van der Waals surface area contributed by atoms with Crippen molar-refractivity contribution in [3.63, 3.8) is 0 Å². The highest BCUT2D eigenvalue weighted by molar-refractivity contribution is 7.17. The number of rotatable bonds is 6. The maximum Gasteiger partial charge on any atom is 0.265 e. The molecule has 31 heavy (non-hydrogen) atoms. The van der Waals surface area contributed by atoms with Crippen LogP contribution in [0.4, 0.5) is 9.52 Å². The van der Waals surface area contributed by atoms with Crippen molar-refractivity contribution in [2.24, 2.45) is 5.92 Å². The van der Waals surface area contributed by atoms with Gasteiger partial charge in [-0.2, -0.15) is 0 Å². The molecule has 4 rings (SSSR count). The third-order valence-corrected chi connectivity index (χ3v) is 7.57. The van der Waals surface area contributed by atoms with Crippen molar-refractivity contribution in [3.8, 4) is 0 Å².